The number of hydrogen-bond donors (Lipinski definition) is 0. The molecule has 4 aromatic rings. The lowest BCUT2D eigenvalue weighted by atomic mass is 10.0. The monoisotopic (exact) mass is 618 g/mol. The van der Waals surface area contributed by atoms with Crippen LogP contribution in [0, 0.1) is 12.3 Å². The number of hydrogen-bond acceptors (Lipinski definition) is 9. The molecule has 0 bridgehead atoms. The molecule has 0 saturated heterocycles. The van der Waals surface area contributed by atoms with E-state index in [0.717, 1.165) is 40.8 Å². The Labute approximate surface area is 261 Å². The molecule has 10 nitrogen and oxygen atoms in total. The van der Waals surface area contributed by atoms with Crippen molar-refractivity contribution < 1.29 is 23.7 Å². The Morgan fingerprint density at radius 1 is 1.07 bits per heavy atom. The third-order valence-electron chi connectivity index (χ3n) is 7.21. The Hall–Kier alpha value is -3.96. The maximum atomic E-state index is 12.8. The van der Waals surface area contributed by atoms with Gasteiger partial charge in [-0.15, -0.1) is 5.10 Å². The van der Waals surface area contributed by atoms with Gasteiger partial charge in [-0.25, -0.2) is 4.98 Å². The summed E-state index contributed by atoms with van der Waals surface area (Å²) in [5.41, 5.74) is 3.82. The minimum Gasteiger partial charge on any atom is -0.476 e. The zero-order chi connectivity index (χ0) is 31.1. The zero-order valence-electron chi connectivity index (χ0n) is 26.0. The summed E-state index contributed by atoms with van der Waals surface area (Å²) in [7, 11) is 0.316. The molecule has 1 aliphatic carbocycles. The molecule has 1 aromatic carbocycles. The second-order valence-corrected chi connectivity index (χ2v) is 13.9. The number of pyridine rings is 2. The smallest absolute Gasteiger partial charge is 0.317 e. The summed E-state index contributed by atoms with van der Waals surface area (Å²) >= 11 is 0. The Kier molecular flexibility index (Phi) is 10.2. The first-order chi connectivity index (χ1) is 21.2. The van der Waals surface area contributed by atoms with Crippen LogP contribution in [0.5, 0.6) is 11.9 Å². The Balaban J connectivity index is 1.20. The maximum absolute atomic E-state index is 12.8. The SMILES string of the molecule is Cc1cc(OCC2(C(=O)OCc3ccccc3)CC2)ncc1-c1ccc(-c2nc(OC(C)C)n(COCC[S+](C)C)n2)nc1. The zero-order valence-corrected chi connectivity index (χ0v) is 26.8. The fraction of sp³-hybridized carbons (Fsp3) is 0.424. The number of aryl methyl sites for hydroxylation is 1. The van der Waals surface area contributed by atoms with Gasteiger partial charge in [0.05, 0.1) is 25.2 Å². The van der Waals surface area contributed by atoms with Gasteiger partial charge in [0.25, 0.3) is 0 Å². The molecule has 0 N–H and O–H groups in total. The summed E-state index contributed by atoms with van der Waals surface area (Å²) in [4.78, 5) is 26.5. The highest BCUT2D eigenvalue weighted by atomic mass is 32.2. The number of aromatic nitrogens is 5. The van der Waals surface area contributed by atoms with Gasteiger partial charge in [0.1, 0.15) is 36.8 Å². The number of esters is 1. The normalized spacial score (nSPS) is 13.7. The van der Waals surface area contributed by atoms with E-state index in [1.54, 1.807) is 17.1 Å². The standard InChI is InChI=1S/C33H40N5O5S/c1-23(2)43-32-36-30(37-38(32)22-40-15-16-44(4)5)28-12-11-26(18-34-28)27-19-35-29(17-24(27)3)42-21-33(13-14-33)31(39)41-20-25-9-7-6-8-10-25/h6-12,17-19,23H,13-16,20-22H2,1-5H3/q+1. The van der Waals surface area contributed by atoms with E-state index in [-0.39, 0.29) is 32.0 Å². The summed E-state index contributed by atoms with van der Waals surface area (Å²) in [6, 6.07) is 15.8. The molecular formula is C33H40N5O5S+. The third-order valence-corrected chi connectivity index (χ3v) is 8.20. The Morgan fingerprint density at radius 3 is 2.52 bits per heavy atom. The van der Waals surface area contributed by atoms with Crippen molar-refractivity contribution >= 4 is 16.9 Å². The minimum atomic E-state index is -0.593. The Bertz CT molecular complexity index is 1540. The van der Waals surface area contributed by atoms with Crippen molar-refractivity contribution in [3.05, 3.63) is 72.1 Å². The number of benzene rings is 1. The van der Waals surface area contributed by atoms with Crippen LogP contribution >= 0.6 is 0 Å². The van der Waals surface area contributed by atoms with Gasteiger partial charge in [0.15, 0.2) is 0 Å². The van der Waals surface area contributed by atoms with E-state index in [1.165, 1.54) is 0 Å². The van der Waals surface area contributed by atoms with Crippen molar-refractivity contribution in [3.8, 4) is 34.5 Å². The molecular weight excluding hydrogens is 578 g/mol. The van der Waals surface area contributed by atoms with E-state index in [4.69, 9.17) is 18.9 Å². The van der Waals surface area contributed by atoms with Gasteiger partial charge in [0, 0.05) is 29.6 Å². The van der Waals surface area contributed by atoms with Crippen molar-refractivity contribution in [3.63, 3.8) is 0 Å². The molecule has 1 aliphatic rings. The predicted molar refractivity (Wildman–Crippen MR) is 170 cm³/mol. The molecule has 44 heavy (non-hydrogen) atoms. The molecule has 0 spiro atoms. The van der Waals surface area contributed by atoms with Crippen LogP contribution in [-0.2, 0) is 38.5 Å². The van der Waals surface area contributed by atoms with Crippen molar-refractivity contribution in [2.24, 2.45) is 5.41 Å². The number of rotatable bonds is 15. The second-order valence-electron chi connectivity index (χ2n) is 11.5. The lowest BCUT2D eigenvalue weighted by Crippen LogP contribution is -2.26. The van der Waals surface area contributed by atoms with E-state index in [2.05, 4.69) is 32.6 Å². The largest absolute Gasteiger partial charge is 0.476 e. The quantitative estimate of drug-likeness (QED) is 0.100. The first-order valence-corrected chi connectivity index (χ1v) is 16.9. The topological polar surface area (TPSA) is 110 Å². The minimum absolute atomic E-state index is 0.0519. The van der Waals surface area contributed by atoms with E-state index >= 15 is 0 Å². The lowest BCUT2D eigenvalue weighted by molar-refractivity contribution is -0.152. The van der Waals surface area contributed by atoms with E-state index in [1.807, 2.05) is 69.3 Å². The maximum Gasteiger partial charge on any atom is 0.317 e. The van der Waals surface area contributed by atoms with Gasteiger partial charge in [0.2, 0.25) is 11.7 Å². The van der Waals surface area contributed by atoms with Crippen LogP contribution in [0.1, 0.15) is 37.8 Å². The molecule has 5 rings (SSSR count). The molecule has 1 saturated carbocycles. The van der Waals surface area contributed by atoms with E-state index in [0.29, 0.717) is 40.9 Å². The second kappa shape index (κ2) is 14.2. The average Bonchev–Trinajstić information content (AvgIpc) is 3.71. The average molecular weight is 619 g/mol. The predicted octanol–water partition coefficient (Wildman–Crippen LogP) is 5.25. The number of carbonyl (C=O) groups excluding carboxylic acids is 1. The highest BCUT2D eigenvalue weighted by Crippen LogP contribution is 2.47. The molecule has 0 amide bonds. The number of ether oxygens (including phenoxy) is 4. The van der Waals surface area contributed by atoms with Crippen LogP contribution < -0.4 is 9.47 Å². The molecule has 3 heterocycles. The number of nitrogens with zero attached hydrogens (tertiary/aromatic N) is 5. The van der Waals surface area contributed by atoms with Crippen LogP contribution in [0.25, 0.3) is 22.6 Å². The highest BCUT2D eigenvalue weighted by molar-refractivity contribution is 7.95. The summed E-state index contributed by atoms with van der Waals surface area (Å²) in [5, 5.41) is 4.60. The van der Waals surface area contributed by atoms with Crippen LogP contribution in [0.3, 0.4) is 0 Å². The summed E-state index contributed by atoms with van der Waals surface area (Å²) < 4.78 is 24.9. The molecule has 1 fully saturated rings. The van der Waals surface area contributed by atoms with Crippen LogP contribution in [0.15, 0.2) is 60.9 Å². The van der Waals surface area contributed by atoms with Gasteiger partial charge in [-0.2, -0.15) is 9.67 Å². The van der Waals surface area contributed by atoms with Crippen molar-refractivity contribution in [2.75, 3.05) is 31.5 Å². The van der Waals surface area contributed by atoms with Gasteiger partial charge in [-0.1, -0.05) is 36.4 Å². The van der Waals surface area contributed by atoms with Crippen molar-refractivity contribution in [2.45, 2.75) is 53.1 Å². The molecule has 0 aliphatic heterocycles. The molecule has 11 heteroatoms. The van der Waals surface area contributed by atoms with Gasteiger partial charge < -0.3 is 18.9 Å². The van der Waals surface area contributed by atoms with E-state index in [9.17, 15) is 4.79 Å². The summed E-state index contributed by atoms with van der Waals surface area (Å²) in [5.74, 6) is 1.72. The molecule has 0 radical (unpaired) electrons. The van der Waals surface area contributed by atoms with Crippen LogP contribution in [-0.4, -0.2) is 68.3 Å². The fourth-order valence-corrected chi connectivity index (χ4v) is 4.89. The molecule has 0 atom stereocenters. The van der Waals surface area contributed by atoms with Crippen molar-refractivity contribution in [1.82, 2.24) is 24.7 Å². The highest BCUT2D eigenvalue weighted by Gasteiger charge is 2.52. The van der Waals surface area contributed by atoms with Crippen LogP contribution in [0.4, 0.5) is 0 Å². The molecule has 0 unspecified atom stereocenters. The fourth-order valence-electron chi connectivity index (χ4n) is 4.44. The Morgan fingerprint density at radius 2 is 1.86 bits per heavy atom. The first-order valence-electron chi connectivity index (χ1n) is 14.7. The van der Waals surface area contributed by atoms with Crippen molar-refractivity contribution in [1.29, 1.82) is 0 Å². The van der Waals surface area contributed by atoms with Crippen LogP contribution in [0.2, 0.25) is 0 Å². The first kappa shape index (κ1) is 31.5. The summed E-state index contributed by atoms with van der Waals surface area (Å²) in [6.07, 6.45) is 9.38. The molecule has 3 aromatic heterocycles. The third kappa shape index (κ3) is 8.15. The summed E-state index contributed by atoms with van der Waals surface area (Å²) in [6.45, 7) is 7.32. The van der Waals surface area contributed by atoms with Gasteiger partial charge in [-0.05, 0) is 61.7 Å². The number of carbonyl (C=O) groups is 1. The molecule has 232 valence electrons. The van der Waals surface area contributed by atoms with Gasteiger partial charge >= 0.3 is 12.0 Å². The lowest BCUT2D eigenvalue weighted by Gasteiger charge is -2.16. The van der Waals surface area contributed by atoms with Gasteiger partial charge in [-0.3, -0.25) is 9.78 Å². The van der Waals surface area contributed by atoms with E-state index < -0.39 is 5.41 Å².